The van der Waals surface area contributed by atoms with Gasteiger partial charge in [-0.1, -0.05) is 12.1 Å². The lowest BCUT2D eigenvalue weighted by Gasteiger charge is -2.18. The van der Waals surface area contributed by atoms with Crippen molar-refractivity contribution in [1.82, 2.24) is 0 Å². The van der Waals surface area contributed by atoms with E-state index in [1.807, 2.05) is 0 Å². The molecular formula is C10H12F3NO2S. The normalized spacial score (nSPS) is 14.6. The predicted molar refractivity (Wildman–Crippen MR) is 57.4 cm³/mol. The first-order chi connectivity index (χ1) is 7.66. The van der Waals surface area contributed by atoms with Crippen molar-refractivity contribution in [3.8, 4) is 0 Å². The Morgan fingerprint density at radius 1 is 1.24 bits per heavy atom. The monoisotopic (exact) mass is 267 g/mol. The average molecular weight is 267 g/mol. The molecule has 3 nitrogen and oxygen atoms in total. The first-order valence-electron chi connectivity index (χ1n) is 4.73. The molecule has 0 aliphatic carbocycles. The van der Waals surface area contributed by atoms with Gasteiger partial charge >= 0.3 is 6.18 Å². The summed E-state index contributed by atoms with van der Waals surface area (Å²) in [4.78, 5) is -0.0146. The molecule has 0 aliphatic heterocycles. The van der Waals surface area contributed by atoms with E-state index in [1.165, 1.54) is 0 Å². The van der Waals surface area contributed by atoms with Crippen LogP contribution >= 0.6 is 0 Å². The second-order valence-corrected chi connectivity index (χ2v) is 5.69. The number of halogens is 3. The summed E-state index contributed by atoms with van der Waals surface area (Å²) in [6.07, 6.45) is -3.44. The van der Waals surface area contributed by atoms with Crippen LogP contribution in [0.3, 0.4) is 0 Å². The molecular weight excluding hydrogens is 255 g/mol. The van der Waals surface area contributed by atoms with E-state index in [9.17, 15) is 21.6 Å². The Morgan fingerprint density at radius 3 is 2.00 bits per heavy atom. The lowest BCUT2D eigenvalue weighted by Crippen LogP contribution is -2.27. The minimum absolute atomic E-state index is 0.0146. The first-order valence-corrected chi connectivity index (χ1v) is 6.62. The SMILES string of the molecule is CS(=O)(=O)c1ccc(C(CN)C(F)(F)F)cc1. The molecule has 17 heavy (non-hydrogen) atoms. The van der Waals surface area contributed by atoms with Crippen molar-refractivity contribution in [2.75, 3.05) is 12.8 Å². The summed E-state index contributed by atoms with van der Waals surface area (Å²) >= 11 is 0. The van der Waals surface area contributed by atoms with Gasteiger partial charge in [-0.15, -0.1) is 0 Å². The van der Waals surface area contributed by atoms with Gasteiger partial charge in [-0.2, -0.15) is 13.2 Å². The molecule has 0 radical (unpaired) electrons. The van der Waals surface area contributed by atoms with Crippen molar-refractivity contribution in [2.24, 2.45) is 5.73 Å². The largest absolute Gasteiger partial charge is 0.396 e. The van der Waals surface area contributed by atoms with Gasteiger partial charge in [-0.25, -0.2) is 8.42 Å². The highest BCUT2D eigenvalue weighted by atomic mass is 32.2. The smallest absolute Gasteiger partial charge is 0.330 e. The van der Waals surface area contributed by atoms with E-state index in [4.69, 9.17) is 5.73 Å². The van der Waals surface area contributed by atoms with E-state index in [0.717, 1.165) is 30.5 Å². The zero-order valence-electron chi connectivity index (χ0n) is 9.03. The predicted octanol–water partition coefficient (Wildman–Crippen LogP) is 1.69. The van der Waals surface area contributed by atoms with E-state index < -0.39 is 28.5 Å². The maximum Gasteiger partial charge on any atom is 0.396 e. The highest BCUT2D eigenvalue weighted by Crippen LogP contribution is 2.34. The second kappa shape index (κ2) is 4.66. The maximum atomic E-state index is 12.5. The number of nitrogens with two attached hydrogens (primary N) is 1. The molecule has 1 rings (SSSR count). The van der Waals surface area contributed by atoms with Crippen LogP contribution in [0.4, 0.5) is 13.2 Å². The molecule has 2 N–H and O–H groups in total. The van der Waals surface area contributed by atoms with E-state index in [2.05, 4.69) is 0 Å². The molecule has 1 unspecified atom stereocenters. The van der Waals surface area contributed by atoms with E-state index >= 15 is 0 Å². The Balaban J connectivity index is 3.10. The average Bonchev–Trinajstić information content (AvgIpc) is 2.16. The summed E-state index contributed by atoms with van der Waals surface area (Å²) in [5.41, 5.74) is 5.04. The van der Waals surface area contributed by atoms with Gasteiger partial charge in [0.2, 0.25) is 0 Å². The molecule has 7 heteroatoms. The van der Waals surface area contributed by atoms with E-state index in [1.54, 1.807) is 0 Å². The van der Waals surface area contributed by atoms with E-state index in [-0.39, 0.29) is 10.5 Å². The molecule has 0 saturated carbocycles. The van der Waals surface area contributed by atoms with Gasteiger partial charge in [0, 0.05) is 12.8 Å². The molecule has 1 atom stereocenters. The summed E-state index contributed by atoms with van der Waals surface area (Å²) in [5, 5.41) is 0. The van der Waals surface area contributed by atoms with Crippen molar-refractivity contribution >= 4 is 9.84 Å². The van der Waals surface area contributed by atoms with Crippen LogP contribution < -0.4 is 5.73 Å². The highest BCUT2D eigenvalue weighted by Gasteiger charge is 2.39. The number of hydrogen-bond donors (Lipinski definition) is 1. The third-order valence-electron chi connectivity index (χ3n) is 2.34. The molecule has 0 amide bonds. The molecule has 1 aromatic rings. The van der Waals surface area contributed by atoms with Crippen LogP contribution in [0.15, 0.2) is 29.2 Å². The first kappa shape index (κ1) is 14.0. The van der Waals surface area contributed by atoms with Crippen LogP contribution in [0.25, 0.3) is 0 Å². The molecule has 0 bridgehead atoms. The van der Waals surface area contributed by atoms with Crippen molar-refractivity contribution in [2.45, 2.75) is 17.0 Å². The number of rotatable bonds is 3. The lowest BCUT2D eigenvalue weighted by atomic mass is 9.99. The molecule has 0 heterocycles. The molecule has 0 saturated heterocycles. The topological polar surface area (TPSA) is 60.2 Å². The van der Waals surface area contributed by atoms with Crippen molar-refractivity contribution in [1.29, 1.82) is 0 Å². The number of hydrogen-bond acceptors (Lipinski definition) is 3. The van der Waals surface area contributed by atoms with Crippen LogP contribution in [-0.4, -0.2) is 27.4 Å². The van der Waals surface area contributed by atoms with Gasteiger partial charge in [0.05, 0.1) is 10.8 Å². The minimum Gasteiger partial charge on any atom is -0.330 e. The highest BCUT2D eigenvalue weighted by molar-refractivity contribution is 7.90. The minimum atomic E-state index is -4.43. The lowest BCUT2D eigenvalue weighted by molar-refractivity contribution is -0.148. The van der Waals surface area contributed by atoms with Crippen molar-refractivity contribution < 1.29 is 21.6 Å². The van der Waals surface area contributed by atoms with Gasteiger partial charge in [0.1, 0.15) is 0 Å². The zero-order chi connectivity index (χ0) is 13.3. The zero-order valence-corrected chi connectivity index (χ0v) is 9.85. The fourth-order valence-electron chi connectivity index (χ4n) is 1.41. The molecule has 1 aromatic carbocycles. The Kier molecular flexibility index (Phi) is 3.83. The Morgan fingerprint density at radius 2 is 1.71 bits per heavy atom. The van der Waals surface area contributed by atoms with Crippen LogP contribution in [-0.2, 0) is 9.84 Å². The van der Waals surface area contributed by atoms with Crippen LogP contribution in [0.1, 0.15) is 11.5 Å². The summed E-state index contributed by atoms with van der Waals surface area (Å²) in [6.45, 7) is -0.568. The maximum absolute atomic E-state index is 12.5. The van der Waals surface area contributed by atoms with Crippen LogP contribution in [0, 0.1) is 0 Å². The van der Waals surface area contributed by atoms with Gasteiger partial charge in [-0.05, 0) is 17.7 Å². The van der Waals surface area contributed by atoms with Crippen molar-refractivity contribution in [3.63, 3.8) is 0 Å². The summed E-state index contributed by atoms with van der Waals surface area (Å²) in [7, 11) is -3.40. The quantitative estimate of drug-likeness (QED) is 0.906. The summed E-state index contributed by atoms with van der Waals surface area (Å²) in [5.74, 6) is -1.77. The van der Waals surface area contributed by atoms with E-state index in [0.29, 0.717) is 0 Å². The number of sulfone groups is 1. The van der Waals surface area contributed by atoms with Gasteiger partial charge in [0.25, 0.3) is 0 Å². The molecule has 0 fully saturated rings. The third-order valence-corrected chi connectivity index (χ3v) is 3.47. The molecule has 0 aliphatic rings. The Bertz CT molecular complexity index is 479. The number of alkyl halides is 3. The van der Waals surface area contributed by atoms with Gasteiger partial charge in [0.15, 0.2) is 9.84 Å². The van der Waals surface area contributed by atoms with Crippen molar-refractivity contribution in [3.05, 3.63) is 29.8 Å². The van der Waals surface area contributed by atoms with Crippen LogP contribution in [0.5, 0.6) is 0 Å². The molecule has 0 aromatic heterocycles. The second-order valence-electron chi connectivity index (χ2n) is 3.67. The number of benzene rings is 1. The summed E-state index contributed by atoms with van der Waals surface area (Å²) < 4.78 is 59.9. The van der Waals surface area contributed by atoms with Crippen LogP contribution in [0.2, 0.25) is 0 Å². The molecule has 96 valence electrons. The fourth-order valence-corrected chi connectivity index (χ4v) is 2.04. The van der Waals surface area contributed by atoms with Gasteiger partial charge < -0.3 is 5.73 Å². The summed E-state index contributed by atoms with van der Waals surface area (Å²) in [6, 6.07) is 4.58. The standard InChI is InChI=1S/C10H12F3NO2S/c1-17(15,16)8-4-2-7(3-5-8)9(6-14)10(11,12)13/h2-5,9H,6,14H2,1H3. The Labute approximate surface area is 97.4 Å². The third kappa shape index (κ3) is 3.44. The fraction of sp³-hybridized carbons (Fsp3) is 0.400. The Hall–Kier alpha value is -1.08. The van der Waals surface area contributed by atoms with Gasteiger partial charge in [-0.3, -0.25) is 0 Å². The molecule has 0 spiro atoms.